The van der Waals surface area contributed by atoms with Crippen LogP contribution < -0.4 is 14.2 Å². The zero-order valence-corrected chi connectivity index (χ0v) is 19.6. The highest BCUT2D eigenvalue weighted by molar-refractivity contribution is 6.35. The molecular weight excluding hydrogens is 424 g/mol. The molecule has 3 atom stereocenters. The second kappa shape index (κ2) is 9.09. The number of allylic oxidation sites excluding steroid dienone is 1. The summed E-state index contributed by atoms with van der Waals surface area (Å²) in [5.74, 6) is 0.229. The molecule has 0 saturated heterocycles. The van der Waals surface area contributed by atoms with Crippen LogP contribution in [0.15, 0.2) is 17.4 Å². The van der Waals surface area contributed by atoms with E-state index >= 15 is 0 Å². The lowest BCUT2D eigenvalue weighted by Crippen LogP contribution is -2.54. The molecule has 4 rings (SSSR count). The van der Waals surface area contributed by atoms with Gasteiger partial charge in [-0.25, -0.2) is 0 Å². The molecule has 0 N–H and O–H groups in total. The molecule has 1 aromatic rings. The summed E-state index contributed by atoms with van der Waals surface area (Å²) in [5, 5.41) is 0.178. The normalized spacial score (nSPS) is 26.4. The van der Waals surface area contributed by atoms with Crippen LogP contribution in [0.25, 0.3) is 0 Å². The number of benzene rings is 1. The van der Waals surface area contributed by atoms with E-state index < -0.39 is 17.8 Å². The third kappa shape index (κ3) is 3.48. The number of rotatable bonds is 4. The first kappa shape index (κ1) is 23.4. The van der Waals surface area contributed by atoms with Gasteiger partial charge in [-0.05, 0) is 13.3 Å². The Morgan fingerprint density at radius 1 is 1.19 bits per heavy atom. The summed E-state index contributed by atoms with van der Waals surface area (Å²) in [6, 6.07) is 1.56. The van der Waals surface area contributed by atoms with Crippen molar-refractivity contribution in [3.05, 3.63) is 28.0 Å². The standard InChI is InChI=1S/C21H23ClO7.C2H6/c1-5-27-15-7-6-11-12(23)8-10(2)21(20(11)28-15)19(24)16-13(25-3)9-14(26-4)17(22)18(16)29-21;1-2/h9-10,15H,5-8H2,1-4H3;1-2H3/t10?,15?,21-;/m1./s1. The topological polar surface area (TPSA) is 80.3 Å². The lowest BCUT2D eigenvalue weighted by atomic mass is 9.71. The van der Waals surface area contributed by atoms with Gasteiger partial charge in [-0.3, -0.25) is 9.59 Å². The fourth-order valence-corrected chi connectivity index (χ4v) is 4.63. The molecule has 7 nitrogen and oxygen atoms in total. The minimum Gasteiger partial charge on any atom is -0.496 e. The average molecular weight is 453 g/mol. The van der Waals surface area contributed by atoms with Crippen LogP contribution in [0.4, 0.5) is 0 Å². The number of ketones is 2. The van der Waals surface area contributed by atoms with E-state index in [9.17, 15) is 9.59 Å². The lowest BCUT2D eigenvalue weighted by molar-refractivity contribution is -0.152. The van der Waals surface area contributed by atoms with Gasteiger partial charge in [-0.2, -0.15) is 0 Å². The first-order chi connectivity index (χ1) is 14.9. The first-order valence-corrected chi connectivity index (χ1v) is 11.0. The highest BCUT2D eigenvalue weighted by Crippen LogP contribution is 2.56. The second-order valence-electron chi connectivity index (χ2n) is 7.34. The Bertz CT molecular complexity index is 923. The monoisotopic (exact) mass is 452 g/mol. The van der Waals surface area contributed by atoms with Crippen LogP contribution in [-0.4, -0.2) is 44.3 Å². The molecule has 8 heteroatoms. The van der Waals surface area contributed by atoms with Gasteiger partial charge in [0.05, 0.1) is 14.2 Å². The van der Waals surface area contributed by atoms with Gasteiger partial charge in [0.2, 0.25) is 11.4 Å². The molecule has 1 aromatic carbocycles. The first-order valence-electron chi connectivity index (χ1n) is 10.6. The molecule has 1 aliphatic carbocycles. The Morgan fingerprint density at radius 2 is 1.87 bits per heavy atom. The number of hydrogen-bond acceptors (Lipinski definition) is 7. The van der Waals surface area contributed by atoms with Crippen molar-refractivity contribution in [1.82, 2.24) is 0 Å². The van der Waals surface area contributed by atoms with Crippen molar-refractivity contribution in [3.63, 3.8) is 0 Å². The van der Waals surface area contributed by atoms with Crippen molar-refractivity contribution >= 4 is 23.2 Å². The Balaban J connectivity index is 0.00000132. The van der Waals surface area contributed by atoms with E-state index in [1.165, 1.54) is 14.2 Å². The minimum absolute atomic E-state index is 0.0314. The van der Waals surface area contributed by atoms with Crippen molar-refractivity contribution in [1.29, 1.82) is 0 Å². The van der Waals surface area contributed by atoms with Crippen molar-refractivity contribution in [2.45, 2.75) is 58.8 Å². The van der Waals surface area contributed by atoms with Gasteiger partial charge in [0, 0.05) is 37.0 Å². The Kier molecular flexibility index (Phi) is 6.86. The Morgan fingerprint density at radius 3 is 2.48 bits per heavy atom. The van der Waals surface area contributed by atoms with E-state index in [0.29, 0.717) is 36.5 Å². The van der Waals surface area contributed by atoms with Crippen LogP contribution in [0.1, 0.15) is 57.3 Å². The van der Waals surface area contributed by atoms with Gasteiger partial charge in [0.25, 0.3) is 0 Å². The number of carbonyl (C=O) groups excluding carboxylic acids is 2. The third-order valence-corrected chi connectivity index (χ3v) is 6.14. The van der Waals surface area contributed by atoms with Crippen molar-refractivity contribution in [2.75, 3.05) is 20.8 Å². The molecule has 2 unspecified atom stereocenters. The number of fused-ring (bicyclic) bond motifs is 2. The van der Waals surface area contributed by atoms with E-state index in [1.54, 1.807) is 13.0 Å². The maximum Gasteiger partial charge on any atom is 0.231 e. The molecular formula is C23H29ClO7. The predicted molar refractivity (Wildman–Crippen MR) is 115 cm³/mol. The summed E-state index contributed by atoms with van der Waals surface area (Å²) in [6.07, 6.45) is 0.648. The Labute approximate surface area is 187 Å². The summed E-state index contributed by atoms with van der Waals surface area (Å²) >= 11 is 6.47. The van der Waals surface area contributed by atoms with E-state index in [0.717, 1.165) is 0 Å². The molecule has 0 fully saturated rings. The van der Waals surface area contributed by atoms with E-state index in [-0.39, 0.29) is 40.1 Å². The maximum atomic E-state index is 13.8. The van der Waals surface area contributed by atoms with Crippen LogP contribution in [0.5, 0.6) is 17.2 Å². The highest BCUT2D eigenvalue weighted by atomic mass is 35.5. The van der Waals surface area contributed by atoms with Gasteiger partial charge in [0.1, 0.15) is 22.1 Å². The third-order valence-electron chi connectivity index (χ3n) is 5.78. The molecule has 1 spiro atoms. The summed E-state index contributed by atoms with van der Waals surface area (Å²) in [6.45, 7) is 8.12. The number of halogens is 1. The van der Waals surface area contributed by atoms with E-state index in [2.05, 4.69) is 0 Å². The summed E-state index contributed by atoms with van der Waals surface area (Å²) in [5.41, 5.74) is -0.763. The zero-order chi connectivity index (χ0) is 22.9. The summed E-state index contributed by atoms with van der Waals surface area (Å²) < 4.78 is 28.7. The minimum atomic E-state index is -1.48. The van der Waals surface area contributed by atoms with E-state index in [4.69, 9.17) is 35.3 Å². The summed E-state index contributed by atoms with van der Waals surface area (Å²) in [4.78, 5) is 26.5. The largest absolute Gasteiger partial charge is 0.496 e. The lowest BCUT2D eigenvalue weighted by Gasteiger charge is -2.42. The molecule has 0 amide bonds. The average Bonchev–Trinajstić information content (AvgIpc) is 3.09. The van der Waals surface area contributed by atoms with Gasteiger partial charge in [-0.1, -0.05) is 32.4 Å². The van der Waals surface area contributed by atoms with Gasteiger partial charge in [-0.15, -0.1) is 0 Å². The maximum absolute atomic E-state index is 13.8. The molecule has 0 saturated carbocycles. The fourth-order valence-electron chi connectivity index (χ4n) is 4.36. The summed E-state index contributed by atoms with van der Waals surface area (Å²) in [7, 11) is 2.93. The van der Waals surface area contributed by atoms with Crippen molar-refractivity contribution in [2.24, 2.45) is 5.92 Å². The molecule has 2 heterocycles. The zero-order valence-electron chi connectivity index (χ0n) is 18.8. The number of ether oxygens (including phenoxy) is 5. The predicted octanol–water partition coefficient (Wildman–Crippen LogP) is 4.73. The molecule has 3 aliphatic rings. The molecule has 0 bridgehead atoms. The van der Waals surface area contributed by atoms with E-state index in [1.807, 2.05) is 20.8 Å². The van der Waals surface area contributed by atoms with Crippen LogP contribution >= 0.6 is 11.6 Å². The fraction of sp³-hybridized carbons (Fsp3) is 0.565. The van der Waals surface area contributed by atoms with Gasteiger partial charge >= 0.3 is 0 Å². The molecule has 31 heavy (non-hydrogen) atoms. The SMILES string of the molecule is CC.CCOC1CCC2=C(O1)[C@@]1(Oc3c(Cl)c(OC)cc(OC)c3C1=O)C(C)CC2=O. The highest BCUT2D eigenvalue weighted by Gasteiger charge is 2.62. The second-order valence-corrected chi connectivity index (χ2v) is 7.72. The molecule has 0 radical (unpaired) electrons. The number of carbonyl (C=O) groups is 2. The molecule has 170 valence electrons. The van der Waals surface area contributed by atoms with Gasteiger partial charge < -0.3 is 23.7 Å². The van der Waals surface area contributed by atoms with Crippen molar-refractivity contribution in [3.8, 4) is 17.2 Å². The Hall–Kier alpha value is -2.25. The van der Waals surface area contributed by atoms with Crippen LogP contribution in [0.3, 0.4) is 0 Å². The smallest absolute Gasteiger partial charge is 0.231 e. The van der Waals surface area contributed by atoms with Crippen LogP contribution in [0.2, 0.25) is 5.02 Å². The number of methoxy groups -OCH3 is 2. The quantitative estimate of drug-likeness (QED) is 0.653. The van der Waals surface area contributed by atoms with Crippen molar-refractivity contribution < 1.29 is 33.3 Å². The molecule has 2 aliphatic heterocycles. The number of Topliss-reactive ketones (excluding diaryl/α,β-unsaturated/α-hetero) is 2. The molecule has 0 aromatic heterocycles. The van der Waals surface area contributed by atoms with Crippen LogP contribution in [0, 0.1) is 5.92 Å². The van der Waals surface area contributed by atoms with Gasteiger partial charge in [0.15, 0.2) is 23.6 Å². The van der Waals surface area contributed by atoms with Crippen LogP contribution in [-0.2, 0) is 14.3 Å². The number of hydrogen-bond donors (Lipinski definition) is 0.